The monoisotopic (exact) mass is 290 g/mol. The summed E-state index contributed by atoms with van der Waals surface area (Å²) in [6.45, 7) is 4.13. The molecule has 15 heavy (non-hydrogen) atoms. The Morgan fingerprint density at radius 2 is 2.20 bits per heavy atom. The van der Waals surface area contributed by atoms with Crippen molar-refractivity contribution in [2.24, 2.45) is 0 Å². The molecule has 0 spiro atoms. The third kappa shape index (κ3) is 5.14. The highest BCUT2D eigenvalue weighted by atomic mass is 79.9. The van der Waals surface area contributed by atoms with Crippen LogP contribution in [0.25, 0.3) is 0 Å². The molecule has 0 aliphatic carbocycles. The van der Waals surface area contributed by atoms with Crippen molar-refractivity contribution in [3.63, 3.8) is 0 Å². The summed E-state index contributed by atoms with van der Waals surface area (Å²) in [6.07, 6.45) is 5.21. The van der Waals surface area contributed by atoms with E-state index in [1.165, 1.54) is 17.7 Å². The van der Waals surface area contributed by atoms with E-state index in [2.05, 4.69) is 34.3 Å². The topological polar surface area (TPSA) is 20.2 Å². The van der Waals surface area contributed by atoms with Crippen LogP contribution in [0.1, 0.15) is 44.4 Å². The summed E-state index contributed by atoms with van der Waals surface area (Å²) in [5.74, 6) is 0. The Hall–Kier alpha value is 0.140. The Labute approximate surface area is 105 Å². The van der Waals surface area contributed by atoms with Gasteiger partial charge in [-0.2, -0.15) is 0 Å². The third-order valence-electron chi connectivity index (χ3n) is 2.50. The Kier molecular flexibility index (Phi) is 5.30. The predicted molar refractivity (Wildman–Crippen MR) is 70.5 cm³/mol. The largest absolute Gasteiger partial charge is 0.390 e. The second-order valence-electron chi connectivity index (χ2n) is 4.36. The summed E-state index contributed by atoms with van der Waals surface area (Å²) < 4.78 is 1.12. The van der Waals surface area contributed by atoms with Crippen LogP contribution in [0.5, 0.6) is 0 Å². The van der Waals surface area contributed by atoms with Gasteiger partial charge in [-0.05, 0) is 35.3 Å². The molecule has 3 heteroatoms. The van der Waals surface area contributed by atoms with Gasteiger partial charge in [0.25, 0.3) is 0 Å². The van der Waals surface area contributed by atoms with Crippen LogP contribution < -0.4 is 0 Å². The smallest absolute Gasteiger partial charge is 0.0667 e. The average molecular weight is 291 g/mol. The second kappa shape index (κ2) is 6.02. The molecule has 0 aromatic carbocycles. The maximum atomic E-state index is 10.2. The number of aliphatic hydroxyl groups is 1. The molecule has 1 aromatic heterocycles. The maximum absolute atomic E-state index is 10.2. The Balaban J connectivity index is 2.41. The SMILES string of the molecule is CCCCCC(C)(O)Cc1cc(Br)cs1. The van der Waals surface area contributed by atoms with Crippen LogP contribution in [-0.2, 0) is 6.42 Å². The first-order valence-electron chi connectivity index (χ1n) is 5.49. The van der Waals surface area contributed by atoms with E-state index in [-0.39, 0.29) is 0 Å². The number of thiophene rings is 1. The first kappa shape index (κ1) is 13.2. The Morgan fingerprint density at radius 1 is 1.47 bits per heavy atom. The molecular weight excluding hydrogens is 272 g/mol. The van der Waals surface area contributed by atoms with Crippen LogP contribution in [0.15, 0.2) is 15.9 Å². The number of hydrogen-bond acceptors (Lipinski definition) is 2. The second-order valence-corrected chi connectivity index (χ2v) is 6.27. The van der Waals surface area contributed by atoms with Crippen molar-refractivity contribution >= 4 is 27.3 Å². The summed E-state index contributed by atoms with van der Waals surface area (Å²) >= 11 is 5.14. The van der Waals surface area contributed by atoms with Gasteiger partial charge in [0.1, 0.15) is 0 Å². The zero-order chi connectivity index (χ0) is 11.3. The normalized spacial score (nSPS) is 15.2. The summed E-state index contributed by atoms with van der Waals surface area (Å²) in [7, 11) is 0. The first-order chi connectivity index (χ1) is 7.03. The summed E-state index contributed by atoms with van der Waals surface area (Å²) in [5.41, 5.74) is -0.542. The van der Waals surface area contributed by atoms with E-state index in [1.807, 2.05) is 6.92 Å². The lowest BCUT2D eigenvalue weighted by atomic mass is 9.94. The zero-order valence-electron chi connectivity index (χ0n) is 9.42. The van der Waals surface area contributed by atoms with E-state index >= 15 is 0 Å². The van der Waals surface area contributed by atoms with Crippen molar-refractivity contribution in [2.75, 3.05) is 0 Å². The van der Waals surface area contributed by atoms with Gasteiger partial charge in [-0.3, -0.25) is 0 Å². The van der Waals surface area contributed by atoms with Gasteiger partial charge in [-0.1, -0.05) is 26.2 Å². The van der Waals surface area contributed by atoms with E-state index in [9.17, 15) is 5.11 Å². The minimum atomic E-state index is -0.542. The highest BCUT2D eigenvalue weighted by molar-refractivity contribution is 9.10. The Morgan fingerprint density at radius 3 is 2.73 bits per heavy atom. The molecular formula is C12H19BrOS. The van der Waals surface area contributed by atoms with E-state index in [1.54, 1.807) is 11.3 Å². The van der Waals surface area contributed by atoms with Crippen LogP contribution in [0, 0.1) is 0 Å². The lowest BCUT2D eigenvalue weighted by molar-refractivity contribution is 0.0494. The van der Waals surface area contributed by atoms with Gasteiger partial charge in [0.15, 0.2) is 0 Å². The quantitative estimate of drug-likeness (QED) is 0.771. The standard InChI is InChI=1S/C12H19BrOS/c1-3-4-5-6-12(2,14)8-11-7-10(13)9-15-11/h7,9,14H,3-6,8H2,1-2H3. The molecule has 0 saturated carbocycles. The van der Waals surface area contributed by atoms with Crippen LogP contribution in [-0.4, -0.2) is 10.7 Å². The van der Waals surface area contributed by atoms with Gasteiger partial charge in [0.05, 0.1) is 5.60 Å². The van der Waals surface area contributed by atoms with Gasteiger partial charge in [-0.15, -0.1) is 11.3 Å². The molecule has 0 saturated heterocycles. The van der Waals surface area contributed by atoms with Crippen molar-refractivity contribution < 1.29 is 5.11 Å². The van der Waals surface area contributed by atoms with E-state index in [0.717, 1.165) is 23.7 Å². The number of halogens is 1. The van der Waals surface area contributed by atoms with E-state index in [4.69, 9.17) is 0 Å². The lowest BCUT2D eigenvalue weighted by Gasteiger charge is -2.22. The van der Waals surface area contributed by atoms with E-state index in [0.29, 0.717) is 0 Å². The molecule has 1 atom stereocenters. The Bertz CT molecular complexity index is 294. The molecule has 0 bridgehead atoms. The highest BCUT2D eigenvalue weighted by Gasteiger charge is 2.20. The van der Waals surface area contributed by atoms with Gasteiger partial charge in [-0.25, -0.2) is 0 Å². The predicted octanol–water partition coefficient (Wildman–Crippen LogP) is 4.38. The molecule has 0 amide bonds. The van der Waals surface area contributed by atoms with E-state index < -0.39 is 5.60 Å². The molecule has 0 aliphatic heterocycles. The fourth-order valence-electron chi connectivity index (χ4n) is 1.67. The van der Waals surface area contributed by atoms with Crippen molar-refractivity contribution in [2.45, 2.75) is 51.6 Å². The fourth-order valence-corrected chi connectivity index (χ4v) is 3.30. The van der Waals surface area contributed by atoms with Crippen molar-refractivity contribution in [1.82, 2.24) is 0 Å². The van der Waals surface area contributed by atoms with Crippen LogP contribution in [0.3, 0.4) is 0 Å². The maximum Gasteiger partial charge on any atom is 0.0667 e. The third-order valence-corrected chi connectivity index (χ3v) is 4.19. The summed E-state index contributed by atoms with van der Waals surface area (Å²) in [5, 5.41) is 12.3. The zero-order valence-corrected chi connectivity index (χ0v) is 11.8. The minimum absolute atomic E-state index is 0.542. The van der Waals surface area contributed by atoms with Gasteiger partial charge in [0, 0.05) is 21.2 Å². The fraction of sp³-hybridized carbons (Fsp3) is 0.667. The van der Waals surface area contributed by atoms with Gasteiger partial charge >= 0.3 is 0 Å². The molecule has 0 aliphatic rings. The van der Waals surface area contributed by atoms with Crippen molar-refractivity contribution in [3.05, 3.63) is 20.8 Å². The summed E-state index contributed by atoms with van der Waals surface area (Å²) in [4.78, 5) is 1.25. The molecule has 1 N–H and O–H groups in total. The number of unbranched alkanes of at least 4 members (excludes halogenated alkanes) is 2. The van der Waals surface area contributed by atoms with Crippen LogP contribution in [0.4, 0.5) is 0 Å². The number of hydrogen-bond donors (Lipinski definition) is 1. The molecule has 1 aromatic rings. The highest BCUT2D eigenvalue weighted by Crippen LogP contribution is 2.26. The first-order valence-corrected chi connectivity index (χ1v) is 7.16. The number of rotatable bonds is 6. The molecule has 1 heterocycles. The van der Waals surface area contributed by atoms with Crippen LogP contribution in [0.2, 0.25) is 0 Å². The van der Waals surface area contributed by atoms with Crippen molar-refractivity contribution in [1.29, 1.82) is 0 Å². The van der Waals surface area contributed by atoms with Gasteiger partial charge < -0.3 is 5.11 Å². The minimum Gasteiger partial charge on any atom is -0.390 e. The molecule has 86 valence electrons. The van der Waals surface area contributed by atoms with Gasteiger partial charge in [0.2, 0.25) is 0 Å². The summed E-state index contributed by atoms with van der Waals surface area (Å²) in [6, 6.07) is 2.10. The molecule has 1 unspecified atom stereocenters. The lowest BCUT2D eigenvalue weighted by Crippen LogP contribution is -2.26. The molecule has 0 fully saturated rings. The van der Waals surface area contributed by atoms with Crippen LogP contribution >= 0.6 is 27.3 Å². The molecule has 1 rings (SSSR count). The molecule has 0 radical (unpaired) electrons. The average Bonchev–Trinajstić information content (AvgIpc) is 2.50. The molecule has 1 nitrogen and oxygen atoms in total. The van der Waals surface area contributed by atoms with Crippen molar-refractivity contribution in [3.8, 4) is 0 Å².